The van der Waals surface area contributed by atoms with Crippen molar-refractivity contribution in [3.8, 4) is 0 Å². The zero-order valence-corrected chi connectivity index (χ0v) is 16.4. The molecule has 0 saturated heterocycles. The average molecular weight is 411 g/mol. The van der Waals surface area contributed by atoms with E-state index in [0.717, 1.165) is 28.4 Å². The van der Waals surface area contributed by atoms with Crippen molar-refractivity contribution >= 4 is 27.1 Å². The zero-order chi connectivity index (χ0) is 19.8. The number of rotatable bonds is 10. The Morgan fingerprint density at radius 2 is 1.15 bits per heavy atom. The van der Waals surface area contributed by atoms with Crippen LogP contribution < -0.4 is 0 Å². The lowest BCUT2D eigenvalue weighted by molar-refractivity contribution is 0.0524. The third kappa shape index (κ3) is 6.28. The molecule has 0 aliphatic carbocycles. The van der Waals surface area contributed by atoms with E-state index in [1.54, 1.807) is 0 Å². The Kier molecular flexibility index (Phi) is 8.55. The summed E-state index contributed by atoms with van der Waals surface area (Å²) in [5, 5.41) is 0. The van der Waals surface area contributed by atoms with Crippen molar-refractivity contribution in [2.45, 2.75) is 0 Å². The topological polar surface area (TPSA) is 137 Å². The van der Waals surface area contributed by atoms with E-state index in [1.165, 1.54) is 18.2 Å². The molecule has 1 aromatic rings. The molecule has 0 bridgehead atoms. The van der Waals surface area contributed by atoms with E-state index in [1.807, 2.05) is 0 Å². The maximum atomic E-state index is 12.0. The summed E-state index contributed by atoms with van der Waals surface area (Å²) in [5.41, 5.74) is -0.472. The van der Waals surface area contributed by atoms with Gasteiger partial charge in [0, 0.05) is 28.4 Å². The lowest BCUT2D eigenvalue weighted by atomic mass is 10.3. The van der Waals surface area contributed by atoms with Gasteiger partial charge < -0.3 is 27.6 Å². The first-order chi connectivity index (χ1) is 12.2. The highest BCUT2D eigenvalue weighted by atomic mass is 31.2. The normalized spacial score (nSPS) is 11.8. The standard InChI is InChI=1S/C13H19NO10P2/c1-19-25(17,20-2)8-23-12(15)10-6-5-7-11(14-10)13(16)24-9-26(18,21-3)22-4/h5-7H,8-9H2,1-4H3. The quantitative estimate of drug-likeness (QED) is 0.414. The molecule has 26 heavy (non-hydrogen) atoms. The van der Waals surface area contributed by atoms with Crippen LogP contribution in [0.5, 0.6) is 0 Å². The van der Waals surface area contributed by atoms with E-state index in [9.17, 15) is 18.7 Å². The predicted octanol–water partition coefficient (Wildman–Crippen LogP) is 2.28. The Labute approximate surface area is 150 Å². The van der Waals surface area contributed by atoms with E-state index in [2.05, 4.69) is 23.1 Å². The van der Waals surface area contributed by atoms with Crippen LogP contribution in [0.2, 0.25) is 0 Å². The van der Waals surface area contributed by atoms with Gasteiger partial charge in [-0.25, -0.2) is 14.6 Å². The highest BCUT2D eigenvalue weighted by molar-refractivity contribution is 7.53. The van der Waals surface area contributed by atoms with Gasteiger partial charge in [0.1, 0.15) is 11.4 Å². The second kappa shape index (κ2) is 9.91. The maximum Gasteiger partial charge on any atom is 0.367 e. The molecular formula is C13H19NO10P2. The summed E-state index contributed by atoms with van der Waals surface area (Å²) < 4.78 is 51.8. The molecule has 0 amide bonds. The fraction of sp³-hybridized carbons (Fsp3) is 0.462. The van der Waals surface area contributed by atoms with Crippen molar-refractivity contribution in [3.05, 3.63) is 29.6 Å². The first-order valence-corrected chi connectivity index (χ1v) is 10.4. The summed E-state index contributed by atoms with van der Waals surface area (Å²) in [4.78, 5) is 27.7. The first kappa shape index (κ1) is 22.4. The van der Waals surface area contributed by atoms with E-state index >= 15 is 0 Å². The van der Waals surface area contributed by atoms with Gasteiger partial charge in [-0.2, -0.15) is 0 Å². The summed E-state index contributed by atoms with van der Waals surface area (Å²) in [5.74, 6) is -1.90. The monoisotopic (exact) mass is 411 g/mol. The van der Waals surface area contributed by atoms with Gasteiger partial charge in [-0.3, -0.25) is 9.13 Å². The molecule has 146 valence electrons. The van der Waals surface area contributed by atoms with Gasteiger partial charge in [0.15, 0.2) is 12.7 Å². The number of nitrogens with zero attached hydrogens (tertiary/aromatic N) is 1. The van der Waals surface area contributed by atoms with Crippen molar-refractivity contribution < 1.29 is 46.3 Å². The second-order valence-corrected chi connectivity index (χ2v) is 8.90. The number of hydrogen-bond acceptors (Lipinski definition) is 11. The molecule has 13 heteroatoms. The van der Waals surface area contributed by atoms with Gasteiger partial charge in [-0.15, -0.1) is 0 Å². The van der Waals surface area contributed by atoms with Crippen LogP contribution in [0.15, 0.2) is 18.2 Å². The maximum absolute atomic E-state index is 12.0. The molecule has 0 saturated carbocycles. The summed E-state index contributed by atoms with van der Waals surface area (Å²) in [7, 11) is -2.51. The first-order valence-electron chi connectivity index (χ1n) is 6.95. The van der Waals surface area contributed by atoms with Gasteiger partial charge >= 0.3 is 27.1 Å². The minimum Gasteiger partial charge on any atom is -0.448 e. The van der Waals surface area contributed by atoms with Crippen LogP contribution in [0, 0.1) is 0 Å². The number of esters is 2. The number of carbonyl (C=O) groups excluding carboxylic acids is 2. The molecule has 0 N–H and O–H groups in total. The van der Waals surface area contributed by atoms with Crippen LogP contribution >= 0.6 is 15.2 Å². The van der Waals surface area contributed by atoms with Gasteiger partial charge in [0.2, 0.25) is 0 Å². The number of hydrogen-bond donors (Lipinski definition) is 0. The van der Waals surface area contributed by atoms with Gasteiger partial charge in [0.05, 0.1) is 0 Å². The molecule has 0 aromatic carbocycles. The van der Waals surface area contributed by atoms with Crippen LogP contribution in [0.4, 0.5) is 0 Å². The third-order valence-corrected chi connectivity index (χ3v) is 6.10. The molecule has 0 atom stereocenters. The predicted molar refractivity (Wildman–Crippen MR) is 88.1 cm³/mol. The van der Waals surface area contributed by atoms with E-state index in [-0.39, 0.29) is 11.4 Å². The Hall–Kier alpha value is -1.61. The van der Waals surface area contributed by atoms with Crippen molar-refractivity contribution in [2.24, 2.45) is 0 Å². The fourth-order valence-electron chi connectivity index (χ4n) is 1.45. The average Bonchev–Trinajstić information content (AvgIpc) is 2.69. The molecular weight excluding hydrogens is 392 g/mol. The molecule has 0 fully saturated rings. The van der Waals surface area contributed by atoms with Crippen molar-refractivity contribution in [3.63, 3.8) is 0 Å². The number of ether oxygens (including phenoxy) is 2. The Balaban J connectivity index is 2.78. The summed E-state index contributed by atoms with van der Waals surface area (Å²) in [6.07, 6.45) is -1.25. The number of carbonyl (C=O) groups is 2. The van der Waals surface area contributed by atoms with Crippen LogP contribution in [0.3, 0.4) is 0 Å². The summed E-state index contributed by atoms with van der Waals surface area (Å²) >= 11 is 0. The molecule has 1 heterocycles. The fourth-order valence-corrected chi connectivity index (χ4v) is 2.72. The summed E-state index contributed by atoms with van der Waals surface area (Å²) in [6.45, 7) is 0. The van der Waals surface area contributed by atoms with Crippen LogP contribution in [-0.2, 0) is 36.7 Å². The third-order valence-electron chi connectivity index (χ3n) is 2.99. The minimum atomic E-state index is -3.54. The van der Waals surface area contributed by atoms with Crippen molar-refractivity contribution in [2.75, 3.05) is 41.1 Å². The Morgan fingerprint density at radius 3 is 1.46 bits per heavy atom. The lowest BCUT2D eigenvalue weighted by Crippen LogP contribution is -2.14. The highest BCUT2D eigenvalue weighted by Crippen LogP contribution is 2.46. The molecule has 1 rings (SSSR count). The van der Waals surface area contributed by atoms with E-state index in [0.29, 0.717) is 0 Å². The molecule has 0 radical (unpaired) electrons. The van der Waals surface area contributed by atoms with E-state index < -0.39 is 39.8 Å². The van der Waals surface area contributed by atoms with Crippen LogP contribution in [0.25, 0.3) is 0 Å². The molecule has 11 nitrogen and oxygen atoms in total. The zero-order valence-electron chi connectivity index (χ0n) is 14.6. The smallest absolute Gasteiger partial charge is 0.367 e. The lowest BCUT2D eigenvalue weighted by Gasteiger charge is -2.14. The van der Waals surface area contributed by atoms with Crippen LogP contribution in [0.1, 0.15) is 21.0 Å². The second-order valence-electron chi connectivity index (χ2n) is 4.48. The summed E-state index contributed by atoms with van der Waals surface area (Å²) in [6, 6.07) is 3.91. The largest absolute Gasteiger partial charge is 0.448 e. The van der Waals surface area contributed by atoms with E-state index in [4.69, 9.17) is 9.47 Å². The molecule has 0 unspecified atom stereocenters. The van der Waals surface area contributed by atoms with Gasteiger partial charge in [-0.05, 0) is 12.1 Å². The molecule has 1 aromatic heterocycles. The molecule has 0 aliphatic heterocycles. The van der Waals surface area contributed by atoms with Crippen molar-refractivity contribution in [1.29, 1.82) is 0 Å². The minimum absolute atomic E-state index is 0.236. The van der Waals surface area contributed by atoms with Crippen LogP contribution in [-0.4, -0.2) is 58.1 Å². The number of aromatic nitrogens is 1. The Morgan fingerprint density at radius 1 is 0.808 bits per heavy atom. The van der Waals surface area contributed by atoms with Gasteiger partial charge in [0.25, 0.3) is 0 Å². The Bertz CT molecular complexity index is 664. The SMILES string of the molecule is COP(=O)(COC(=O)c1cccc(C(=O)OCP(=O)(OC)OC)n1)OC. The van der Waals surface area contributed by atoms with Crippen molar-refractivity contribution in [1.82, 2.24) is 4.98 Å². The van der Waals surface area contributed by atoms with Gasteiger partial charge in [-0.1, -0.05) is 6.07 Å². The molecule has 0 aliphatic rings. The molecule has 0 spiro atoms. The highest BCUT2D eigenvalue weighted by Gasteiger charge is 2.26. The number of pyridine rings is 1.